The van der Waals surface area contributed by atoms with E-state index in [2.05, 4.69) is 20.6 Å². The lowest BCUT2D eigenvalue weighted by atomic mass is 10.0. The largest absolute Gasteiger partial charge is 0.396 e. The number of hydrogen-bond donors (Lipinski definition) is 3. The number of hydrogen-bond acceptors (Lipinski definition) is 5. The number of aryl methyl sites for hydroxylation is 1. The lowest BCUT2D eigenvalue weighted by molar-refractivity contribution is 0.253. The van der Waals surface area contributed by atoms with Crippen LogP contribution in [0.15, 0.2) is 6.07 Å². The Hall–Kier alpha value is -1.36. The van der Waals surface area contributed by atoms with E-state index in [0.717, 1.165) is 24.5 Å². The van der Waals surface area contributed by atoms with Crippen molar-refractivity contribution in [1.82, 2.24) is 9.97 Å². The smallest absolute Gasteiger partial charge is 0.224 e. The van der Waals surface area contributed by atoms with Gasteiger partial charge in [-0.25, -0.2) is 4.98 Å². The molecule has 1 saturated carbocycles. The van der Waals surface area contributed by atoms with Crippen molar-refractivity contribution in [3.63, 3.8) is 0 Å². The van der Waals surface area contributed by atoms with Gasteiger partial charge in [-0.2, -0.15) is 4.98 Å². The van der Waals surface area contributed by atoms with Gasteiger partial charge >= 0.3 is 0 Å². The monoisotopic (exact) mass is 236 g/mol. The molecule has 0 aliphatic heterocycles. The third-order valence-corrected chi connectivity index (χ3v) is 3.32. The Labute approximate surface area is 102 Å². The number of nitrogens with zero attached hydrogens (tertiary/aromatic N) is 2. The van der Waals surface area contributed by atoms with Crippen LogP contribution in [-0.2, 0) is 0 Å². The van der Waals surface area contributed by atoms with Gasteiger partial charge in [0.25, 0.3) is 0 Å². The van der Waals surface area contributed by atoms with Gasteiger partial charge in [-0.15, -0.1) is 0 Å². The first-order chi connectivity index (χ1) is 8.17. The molecule has 17 heavy (non-hydrogen) atoms. The minimum atomic E-state index is 0.270. The van der Waals surface area contributed by atoms with E-state index in [-0.39, 0.29) is 6.61 Å². The van der Waals surface area contributed by atoms with Crippen LogP contribution < -0.4 is 10.6 Å². The molecule has 0 atom stereocenters. The molecule has 5 nitrogen and oxygen atoms in total. The fourth-order valence-corrected chi connectivity index (χ4v) is 1.98. The summed E-state index contributed by atoms with van der Waals surface area (Å²) in [6.45, 7) is 3.10. The Bertz CT molecular complexity index is 390. The molecule has 1 fully saturated rings. The van der Waals surface area contributed by atoms with Gasteiger partial charge in [-0.3, -0.25) is 0 Å². The standard InChI is InChI=1S/C12H20N4O/c1-9-7-10(16-11(13-2)15-9)14-8-12(3-4-12)5-6-17/h7,17H,3-6,8H2,1-2H3,(H2,13,14,15,16). The highest BCUT2D eigenvalue weighted by molar-refractivity contribution is 5.42. The second-order valence-electron chi connectivity index (χ2n) is 4.80. The summed E-state index contributed by atoms with van der Waals surface area (Å²) in [7, 11) is 1.81. The fraction of sp³-hybridized carbons (Fsp3) is 0.667. The molecule has 0 radical (unpaired) electrons. The predicted molar refractivity (Wildman–Crippen MR) is 68.2 cm³/mol. The molecule has 1 aliphatic rings. The highest BCUT2D eigenvalue weighted by Crippen LogP contribution is 2.48. The molecule has 0 amide bonds. The van der Waals surface area contributed by atoms with E-state index < -0.39 is 0 Å². The second-order valence-corrected chi connectivity index (χ2v) is 4.80. The Balaban J connectivity index is 1.97. The Morgan fingerprint density at radius 2 is 2.18 bits per heavy atom. The van der Waals surface area contributed by atoms with Crippen molar-refractivity contribution >= 4 is 11.8 Å². The molecule has 2 rings (SSSR count). The maximum atomic E-state index is 9.00. The van der Waals surface area contributed by atoms with Crippen molar-refractivity contribution in [1.29, 1.82) is 0 Å². The van der Waals surface area contributed by atoms with Crippen LogP contribution in [0.4, 0.5) is 11.8 Å². The molecule has 1 aliphatic carbocycles. The fourth-order valence-electron chi connectivity index (χ4n) is 1.98. The zero-order chi connectivity index (χ0) is 12.3. The van der Waals surface area contributed by atoms with Gasteiger partial charge < -0.3 is 15.7 Å². The van der Waals surface area contributed by atoms with E-state index in [9.17, 15) is 0 Å². The lowest BCUT2D eigenvalue weighted by Gasteiger charge is -2.15. The van der Waals surface area contributed by atoms with Gasteiger partial charge in [-0.1, -0.05) is 0 Å². The maximum Gasteiger partial charge on any atom is 0.224 e. The van der Waals surface area contributed by atoms with Gasteiger partial charge in [0.15, 0.2) is 0 Å². The van der Waals surface area contributed by atoms with Crippen molar-refractivity contribution < 1.29 is 5.11 Å². The van der Waals surface area contributed by atoms with E-state index >= 15 is 0 Å². The molecule has 0 aromatic carbocycles. The highest BCUT2D eigenvalue weighted by atomic mass is 16.3. The van der Waals surface area contributed by atoms with E-state index in [1.165, 1.54) is 12.8 Å². The Morgan fingerprint density at radius 1 is 1.41 bits per heavy atom. The van der Waals surface area contributed by atoms with Gasteiger partial charge in [-0.05, 0) is 31.6 Å². The third kappa shape index (κ3) is 3.06. The molecule has 1 aromatic heterocycles. The Kier molecular flexibility index (Phi) is 3.47. The number of aliphatic hydroxyl groups is 1. The molecular weight excluding hydrogens is 216 g/mol. The van der Waals surface area contributed by atoms with Crippen LogP contribution in [0.1, 0.15) is 25.0 Å². The van der Waals surface area contributed by atoms with Crippen LogP contribution in [-0.4, -0.2) is 35.3 Å². The summed E-state index contributed by atoms with van der Waals surface area (Å²) in [5, 5.41) is 15.3. The second kappa shape index (κ2) is 4.87. The average molecular weight is 236 g/mol. The van der Waals surface area contributed by atoms with Gasteiger partial charge in [0.1, 0.15) is 5.82 Å². The summed E-state index contributed by atoms with van der Waals surface area (Å²) < 4.78 is 0. The number of aromatic nitrogens is 2. The predicted octanol–water partition coefficient (Wildman–Crippen LogP) is 1.40. The summed E-state index contributed by atoms with van der Waals surface area (Å²) in [5.41, 5.74) is 1.24. The first kappa shape index (κ1) is 12.1. The maximum absolute atomic E-state index is 9.00. The molecule has 0 bridgehead atoms. The van der Waals surface area contributed by atoms with Crippen molar-refractivity contribution in [3.05, 3.63) is 11.8 Å². The topological polar surface area (TPSA) is 70.1 Å². The summed E-state index contributed by atoms with van der Waals surface area (Å²) in [6.07, 6.45) is 3.27. The van der Waals surface area contributed by atoms with E-state index in [1.54, 1.807) is 0 Å². The van der Waals surface area contributed by atoms with Crippen LogP contribution >= 0.6 is 0 Å². The molecule has 94 valence electrons. The van der Waals surface area contributed by atoms with Crippen molar-refractivity contribution in [3.8, 4) is 0 Å². The normalized spacial score (nSPS) is 16.6. The first-order valence-corrected chi connectivity index (χ1v) is 6.06. The molecule has 5 heteroatoms. The minimum Gasteiger partial charge on any atom is -0.396 e. The van der Waals surface area contributed by atoms with E-state index in [4.69, 9.17) is 5.11 Å². The Morgan fingerprint density at radius 3 is 2.76 bits per heavy atom. The van der Waals surface area contributed by atoms with Crippen molar-refractivity contribution in [2.75, 3.05) is 30.8 Å². The van der Waals surface area contributed by atoms with Gasteiger partial charge in [0.2, 0.25) is 5.95 Å². The molecular formula is C12H20N4O. The van der Waals surface area contributed by atoms with Crippen LogP contribution in [0.2, 0.25) is 0 Å². The summed E-state index contributed by atoms with van der Waals surface area (Å²) in [4.78, 5) is 8.59. The van der Waals surface area contributed by atoms with Crippen LogP contribution in [0.25, 0.3) is 0 Å². The van der Waals surface area contributed by atoms with E-state index in [1.807, 2.05) is 20.0 Å². The molecule has 0 unspecified atom stereocenters. The lowest BCUT2D eigenvalue weighted by Crippen LogP contribution is -2.18. The van der Waals surface area contributed by atoms with Crippen molar-refractivity contribution in [2.45, 2.75) is 26.2 Å². The molecule has 1 heterocycles. The number of anilines is 2. The van der Waals surface area contributed by atoms with Crippen LogP contribution in [0.3, 0.4) is 0 Å². The minimum absolute atomic E-state index is 0.270. The van der Waals surface area contributed by atoms with Gasteiger partial charge in [0, 0.05) is 32.0 Å². The zero-order valence-corrected chi connectivity index (χ0v) is 10.5. The summed E-state index contributed by atoms with van der Waals surface area (Å²) >= 11 is 0. The number of nitrogens with one attached hydrogen (secondary N) is 2. The summed E-state index contributed by atoms with van der Waals surface area (Å²) in [6, 6.07) is 1.94. The molecule has 0 spiro atoms. The quantitative estimate of drug-likeness (QED) is 0.696. The molecule has 3 N–H and O–H groups in total. The van der Waals surface area contributed by atoms with Gasteiger partial charge in [0.05, 0.1) is 0 Å². The zero-order valence-electron chi connectivity index (χ0n) is 10.5. The first-order valence-electron chi connectivity index (χ1n) is 6.06. The van der Waals surface area contributed by atoms with Crippen LogP contribution in [0, 0.1) is 12.3 Å². The molecule has 0 saturated heterocycles. The van der Waals surface area contributed by atoms with Crippen LogP contribution in [0.5, 0.6) is 0 Å². The average Bonchev–Trinajstić information content (AvgIpc) is 3.07. The highest BCUT2D eigenvalue weighted by Gasteiger charge is 2.41. The van der Waals surface area contributed by atoms with Crippen molar-refractivity contribution in [2.24, 2.45) is 5.41 Å². The number of rotatable bonds is 6. The third-order valence-electron chi connectivity index (χ3n) is 3.32. The molecule has 1 aromatic rings. The SMILES string of the molecule is CNc1nc(C)cc(NCC2(CCO)CC2)n1. The number of aliphatic hydroxyl groups excluding tert-OH is 1. The van der Waals surface area contributed by atoms with E-state index in [0.29, 0.717) is 11.4 Å². The summed E-state index contributed by atoms with van der Waals surface area (Å²) in [5.74, 6) is 1.49.